The number of rotatable bonds is 5. The number of aromatic nitrogens is 3. The first-order valence-corrected chi connectivity index (χ1v) is 10.3. The predicted molar refractivity (Wildman–Crippen MR) is 124 cm³/mol. The molecule has 0 atom stereocenters. The summed E-state index contributed by atoms with van der Waals surface area (Å²) in [5.41, 5.74) is 5.00. The fraction of sp³-hybridized carbons (Fsp3) is 0.240. The highest BCUT2D eigenvalue weighted by molar-refractivity contribution is 5.76. The van der Waals surface area contributed by atoms with Crippen molar-refractivity contribution in [1.82, 2.24) is 15.0 Å². The van der Waals surface area contributed by atoms with Crippen LogP contribution in [0.25, 0.3) is 10.9 Å². The lowest BCUT2D eigenvalue weighted by Gasteiger charge is -2.19. The van der Waals surface area contributed by atoms with Crippen molar-refractivity contribution < 1.29 is 4.74 Å². The van der Waals surface area contributed by atoms with E-state index in [1.165, 1.54) is 11.1 Å². The van der Waals surface area contributed by atoms with Gasteiger partial charge in [0.05, 0.1) is 17.1 Å². The normalized spacial score (nSPS) is 11.5. The predicted octanol–water partition coefficient (Wildman–Crippen LogP) is 5.33. The lowest BCUT2D eigenvalue weighted by molar-refractivity contribution is 0.442. The summed E-state index contributed by atoms with van der Waals surface area (Å²) in [6.07, 6.45) is 3.11. The van der Waals surface area contributed by atoms with Crippen molar-refractivity contribution in [3.8, 4) is 11.8 Å². The molecule has 2 N–H and O–H groups in total. The highest BCUT2D eigenvalue weighted by atomic mass is 16.5. The van der Waals surface area contributed by atoms with Gasteiger partial charge in [-0.2, -0.15) is 4.98 Å². The van der Waals surface area contributed by atoms with Gasteiger partial charge in [-0.05, 0) is 53.3 Å². The minimum Gasteiger partial charge on any atom is -0.426 e. The number of fused-ring (bicyclic) bond motifs is 1. The maximum absolute atomic E-state index is 12.2. The van der Waals surface area contributed by atoms with E-state index in [2.05, 4.69) is 65.3 Å². The Hall–Kier alpha value is -3.67. The quantitative estimate of drug-likeness (QED) is 0.461. The zero-order valence-electron chi connectivity index (χ0n) is 18.2. The van der Waals surface area contributed by atoms with Gasteiger partial charge in [-0.25, -0.2) is 0 Å². The zero-order valence-corrected chi connectivity index (χ0v) is 18.2. The van der Waals surface area contributed by atoms with Gasteiger partial charge in [-0.3, -0.25) is 14.8 Å². The molecule has 0 amide bonds. The van der Waals surface area contributed by atoms with Crippen LogP contribution in [0.3, 0.4) is 0 Å². The van der Waals surface area contributed by atoms with Gasteiger partial charge in [0.25, 0.3) is 5.56 Å². The number of pyridine rings is 1. The second-order valence-electron chi connectivity index (χ2n) is 8.64. The van der Waals surface area contributed by atoms with Crippen molar-refractivity contribution in [2.24, 2.45) is 0 Å². The third-order valence-electron chi connectivity index (χ3n) is 5.20. The maximum Gasteiger partial charge on any atom is 0.302 e. The summed E-state index contributed by atoms with van der Waals surface area (Å²) in [5, 5.41) is 3.95. The first kappa shape index (κ1) is 20.6. The Morgan fingerprint density at radius 3 is 2.55 bits per heavy atom. The van der Waals surface area contributed by atoms with Crippen LogP contribution in [0.5, 0.6) is 11.8 Å². The monoisotopic (exact) mass is 414 g/mol. The number of aryl methyl sites for hydroxylation is 1. The number of anilines is 1. The number of nitrogens with zero attached hydrogens (tertiary/aromatic N) is 2. The van der Waals surface area contributed by atoms with Crippen molar-refractivity contribution in [2.75, 3.05) is 5.32 Å². The Labute approximate surface area is 181 Å². The smallest absolute Gasteiger partial charge is 0.302 e. The fourth-order valence-corrected chi connectivity index (χ4v) is 3.35. The molecule has 0 aliphatic rings. The summed E-state index contributed by atoms with van der Waals surface area (Å²) in [5.74, 6) is 0.601. The van der Waals surface area contributed by atoms with Gasteiger partial charge in [0.1, 0.15) is 5.75 Å². The summed E-state index contributed by atoms with van der Waals surface area (Å²) < 4.78 is 5.79. The van der Waals surface area contributed by atoms with Gasteiger partial charge >= 0.3 is 6.01 Å². The second-order valence-corrected chi connectivity index (χ2v) is 8.64. The molecule has 0 aliphatic heterocycles. The van der Waals surface area contributed by atoms with E-state index in [0.29, 0.717) is 16.7 Å². The van der Waals surface area contributed by atoms with Crippen molar-refractivity contribution in [1.29, 1.82) is 0 Å². The van der Waals surface area contributed by atoms with Crippen LogP contribution in [0.1, 0.15) is 37.5 Å². The second kappa shape index (κ2) is 8.22. The van der Waals surface area contributed by atoms with Crippen molar-refractivity contribution in [2.45, 2.75) is 39.7 Å². The Morgan fingerprint density at radius 2 is 1.84 bits per heavy atom. The van der Waals surface area contributed by atoms with E-state index in [1.54, 1.807) is 18.5 Å². The first-order valence-electron chi connectivity index (χ1n) is 10.3. The third-order valence-corrected chi connectivity index (χ3v) is 5.20. The standard InChI is InChI=1S/C25H26N4O2/c1-16-13-19(31-24-28-22-15-26-12-11-20(22)23(30)29-24)9-10-21(16)27-14-17-5-7-18(8-6-17)25(2,3)4/h5-13,15,27H,14H2,1-4H3,(H,28,29,30). The van der Waals surface area contributed by atoms with Crippen LogP contribution >= 0.6 is 0 Å². The van der Waals surface area contributed by atoms with Crippen molar-refractivity contribution >= 4 is 16.6 Å². The molecule has 0 spiro atoms. The molecule has 0 fully saturated rings. The first-order chi connectivity index (χ1) is 14.8. The molecule has 0 saturated carbocycles. The molecule has 2 aromatic carbocycles. The van der Waals surface area contributed by atoms with E-state index in [1.807, 2.05) is 25.1 Å². The van der Waals surface area contributed by atoms with E-state index in [9.17, 15) is 4.79 Å². The van der Waals surface area contributed by atoms with Crippen LogP contribution in [0, 0.1) is 6.92 Å². The minimum atomic E-state index is -0.255. The highest BCUT2D eigenvalue weighted by Crippen LogP contribution is 2.26. The van der Waals surface area contributed by atoms with Crippen LogP contribution < -0.4 is 15.6 Å². The molecule has 2 heterocycles. The Kier molecular flexibility index (Phi) is 5.46. The van der Waals surface area contributed by atoms with Gasteiger partial charge in [0.15, 0.2) is 0 Å². The topological polar surface area (TPSA) is 79.9 Å². The highest BCUT2D eigenvalue weighted by Gasteiger charge is 2.13. The molecule has 6 heteroatoms. The summed E-state index contributed by atoms with van der Waals surface area (Å²) in [7, 11) is 0. The van der Waals surface area contributed by atoms with Gasteiger partial charge in [0.2, 0.25) is 0 Å². The summed E-state index contributed by atoms with van der Waals surface area (Å²) >= 11 is 0. The number of ether oxygens (including phenoxy) is 1. The van der Waals surface area contributed by atoms with Crippen LogP contribution in [0.4, 0.5) is 5.69 Å². The molecule has 4 rings (SSSR count). The molecular weight excluding hydrogens is 388 g/mol. The molecule has 0 unspecified atom stereocenters. The molecule has 0 aliphatic carbocycles. The van der Waals surface area contributed by atoms with E-state index in [-0.39, 0.29) is 17.0 Å². The van der Waals surface area contributed by atoms with Gasteiger partial charge < -0.3 is 10.1 Å². The van der Waals surface area contributed by atoms with Gasteiger partial charge in [-0.15, -0.1) is 0 Å². The fourth-order valence-electron chi connectivity index (χ4n) is 3.35. The molecule has 31 heavy (non-hydrogen) atoms. The molecule has 6 nitrogen and oxygen atoms in total. The number of aromatic amines is 1. The molecule has 0 saturated heterocycles. The van der Waals surface area contributed by atoms with Gasteiger partial charge in [0, 0.05) is 18.4 Å². The minimum absolute atomic E-state index is 0.143. The van der Waals surface area contributed by atoms with Crippen LogP contribution in [-0.4, -0.2) is 15.0 Å². The lowest BCUT2D eigenvalue weighted by Crippen LogP contribution is -2.11. The average Bonchev–Trinajstić information content (AvgIpc) is 2.73. The number of H-pyrrole nitrogens is 1. The number of hydrogen-bond acceptors (Lipinski definition) is 5. The van der Waals surface area contributed by atoms with E-state index >= 15 is 0 Å². The molecule has 0 bridgehead atoms. The third kappa shape index (κ3) is 4.74. The Balaban J connectivity index is 1.45. The van der Waals surface area contributed by atoms with E-state index in [0.717, 1.165) is 17.8 Å². The molecule has 158 valence electrons. The van der Waals surface area contributed by atoms with Crippen LogP contribution in [0.15, 0.2) is 65.7 Å². The van der Waals surface area contributed by atoms with Crippen molar-refractivity contribution in [3.05, 3.63) is 88.0 Å². The largest absolute Gasteiger partial charge is 0.426 e. The molecular formula is C25H26N4O2. The summed E-state index contributed by atoms with van der Waals surface area (Å²) in [6.45, 7) is 9.39. The molecule has 0 radical (unpaired) electrons. The summed E-state index contributed by atoms with van der Waals surface area (Å²) in [4.78, 5) is 23.2. The van der Waals surface area contributed by atoms with Gasteiger partial charge in [-0.1, -0.05) is 45.0 Å². The SMILES string of the molecule is Cc1cc(Oc2nc3cnccc3c(=O)[nH]2)ccc1NCc1ccc(C(C)(C)C)cc1. The maximum atomic E-state index is 12.2. The van der Waals surface area contributed by atoms with Crippen LogP contribution in [0.2, 0.25) is 0 Å². The number of hydrogen-bond donors (Lipinski definition) is 2. The molecule has 4 aromatic rings. The molecule has 2 aromatic heterocycles. The van der Waals surface area contributed by atoms with E-state index < -0.39 is 0 Å². The lowest BCUT2D eigenvalue weighted by atomic mass is 9.87. The Bertz CT molecular complexity index is 1270. The van der Waals surface area contributed by atoms with Crippen LogP contribution in [-0.2, 0) is 12.0 Å². The van der Waals surface area contributed by atoms with Crippen molar-refractivity contribution in [3.63, 3.8) is 0 Å². The Morgan fingerprint density at radius 1 is 1.06 bits per heavy atom. The summed E-state index contributed by atoms with van der Waals surface area (Å²) in [6, 6.07) is 16.2. The average molecular weight is 415 g/mol. The number of benzene rings is 2. The van der Waals surface area contributed by atoms with E-state index in [4.69, 9.17) is 4.74 Å². The number of nitrogens with one attached hydrogen (secondary N) is 2. The zero-order chi connectivity index (χ0) is 22.0.